The summed E-state index contributed by atoms with van der Waals surface area (Å²) >= 11 is 3.34. The zero-order valence-electron chi connectivity index (χ0n) is 15.1. The van der Waals surface area contributed by atoms with E-state index in [9.17, 15) is 14.4 Å². The first-order valence-electron chi connectivity index (χ1n) is 8.59. The molecule has 8 heteroatoms. The first-order valence-corrected chi connectivity index (χ1v) is 9.38. The van der Waals surface area contributed by atoms with Crippen LogP contribution in [0, 0.1) is 12.8 Å². The van der Waals surface area contributed by atoms with Crippen molar-refractivity contribution in [3.05, 3.63) is 58.6 Å². The van der Waals surface area contributed by atoms with E-state index in [1.165, 1.54) is 12.1 Å². The van der Waals surface area contributed by atoms with Gasteiger partial charge in [0.05, 0.1) is 18.5 Å². The van der Waals surface area contributed by atoms with Crippen molar-refractivity contribution in [3.8, 4) is 0 Å². The van der Waals surface area contributed by atoms with E-state index in [4.69, 9.17) is 4.74 Å². The third kappa shape index (κ3) is 2.72. The summed E-state index contributed by atoms with van der Waals surface area (Å²) in [7, 11) is 1.23. The molecule has 0 unspecified atom stereocenters. The molecule has 2 aliphatic heterocycles. The lowest BCUT2D eigenvalue weighted by molar-refractivity contribution is -0.133. The third-order valence-corrected chi connectivity index (χ3v) is 5.42. The number of halogens is 1. The summed E-state index contributed by atoms with van der Waals surface area (Å²) in [4.78, 5) is 39.8. The van der Waals surface area contributed by atoms with Crippen LogP contribution in [-0.2, 0) is 19.1 Å². The van der Waals surface area contributed by atoms with Gasteiger partial charge in [-0.2, -0.15) is 5.10 Å². The number of fused-ring (bicyclic) bond motifs is 1. The van der Waals surface area contributed by atoms with Gasteiger partial charge in [-0.3, -0.25) is 14.6 Å². The maximum Gasteiger partial charge on any atom is 0.355 e. The quantitative estimate of drug-likeness (QED) is 0.540. The number of hydrogen-bond donors (Lipinski definition) is 0. The van der Waals surface area contributed by atoms with Crippen molar-refractivity contribution >= 4 is 50.8 Å². The molecule has 2 aliphatic rings. The third-order valence-electron chi connectivity index (χ3n) is 4.89. The van der Waals surface area contributed by atoms with Gasteiger partial charge in [0.25, 0.3) is 5.91 Å². The molecule has 1 saturated heterocycles. The highest BCUT2D eigenvalue weighted by atomic mass is 79.9. The molecule has 2 amide bonds. The highest BCUT2D eigenvalue weighted by Crippen LogP contribution is 2.39. The predicted octanol–water partition coefficient (Wildman–Crippen LogP) is 2.66. The summed E-state index contributed by atoms with van der Waals surface area (Å²) in [5.74, 6) is -2.64. The van der Waals surface area contributed by atoms with Crippen LogP contribution >= 0.6 is 15.9 Å². The van der Waals surface area contributed by atoms with Crippen LogP contribution in [0.5, 0.6) is 0 Å². The lowest BCUT2D eigenvalue weighted by Gasteiger charge is -2.23. The van der Waals surface area contributed by atoms with E-state index in [1.54, 1.807) is 30.3 Å². The highest BCUT2D eigenvalue weighted by molar-refractivity contribution is 9.10. The highest BCUT2D eigenvalue weighted by Gasteiger charge is 2.59. The van der Waals surface area contributed by atoms with Gasteiger partial charge in [-0.1, -0.05) is 34.1 Å². The van der Waals surface area contributed by atoms with Gasteiger partial charge in [-0.15, -0.1) is 0 Å². The van der Waals surface area contributed by atoms with Crippen LogP contribution in [0.25, 0.3) is 0 Å². The standard InChI is InChI=1S/C20H16BrN3O4/c1-11-5-3-4-6-14(11)24-17-15(16(22-24)20(27)28-2)18(25)23(19(17)26)13-9-7-12(21)8-10-13/h3-10,15,17H,1-2H3/t15-,17+/m0/s1. The first kappa shape index (κ1) is 18.4. The number of imide groups is 1. The molecule has 0 spiro atoms. The fourth-order valence-electron chi connectivity index (χ4n) is 3.55. The second kappa shape index (κ2) is 6.87. The van der Waals surface area contributed by atoms with Crippen LogP contribution in [0.15, 0.2) is 58.1 Å². The number of para-hydroxylation sites is 1. The molecule has 0 bridgehead atoms. The Morgan fingerprint density at radius 1 is 1.07 bits per heavy atom. The Morgan fingerprint density at radius 2 is 1.75 bits per heavy atom. The van der Waals surface area contributed by atoms with E-state index in [-0.39, 0.29) is 5.71 Å². The largest absolute Gasteiger partial charge is 0.464 e. The average Bonchev–Trinajstić information content (AvgIpc) is 3.20. The van der Waals surface area contributed by atoms with Crippen molar-refractivity contribution in [3.63, 3.8) is 0 Å². The molecule has 2 atom stereocenters. The number of esters is 1. The molecule has 0 radical (unpaired) electrons. The minimum Gasteiger partial charge on any atom is -0.464 e. The molecule has 7 nitrogen and oxygen atoms in total. The van der Waals surface area contributed by atoms with E-state index < -0.39 is 29.7 Å². The summed E-state index contributed by atoms with van der Waals surface area (Å²) in [6, 6.07) is 13.3. The molecule has 1 fully saturated rings. The Labute approximate surface area is 169 Å². The molecular formula is C20H16BrN3O4. The molecule has 2 aromatic carbocycles. The van der Waals surface area contributed by atoms with Gasteiger partial charge in [0.1, 0.15) is 12.0 Å². The Hall–Kier alpha value is -3.00. The van der Waals surface area contributed by atoms with Crippen molar-refractivity contribution in [2.45, 2.75) is 13.0 Å². The van der Waals surface area contributed by atoms with Crippen LogP contribution in [0.4, 0.5) is 11.4 Å². The van der Waals surface area contributed by atoms with Crippen LogP contribution in [0.3, 0.4) is 0 Å². The maximum absolute atomic E-state index is 13.3. The lowest BCUT2D eigenvalue weighted by Crippen LogP contribution is -2.39. The van der Waals surface area contributed by atoms with Crippen LogP contribution < -0.4 is 9.91 Å². The number of benzene rings is 2. The van der Waals surface area contributed by atoms with Crippen molar-refractivity contribution in [2.75, 3.05) is 17.0 Å². The topological polar surface area (TPSA) is 79.3 Å². The molecule has 0 aliphatic carbocycles. The second-order valence-corrected chi connectivity index (χ2v) is 7.43. The summed E-state index contributed by atoms with van der Waals surface area (Å²) in [5, 5.41) is 5.78. The Bertz CT molecular complexity index is 1020. The molecule has 28 heavy (non-hydrogen) atoms. The van der Waals surface area contributed by atoms with E-state index in [0.717, 1.165) is 14.9 Å². The van der Waals surface area contributed by atoms with Crippen LogP contribution in [0.1, 0.15) is 5.56 Å². The van der Waals surface area contributed by atoms with Gasteiger partial charge >= 0.3 is 5.97 Å². The van der Waals surface area contributed by atoms with Crippen molar-refractivity contribution in [2.24, 2.45) is 11.0 Å². The Kier molecular flexibility index (Phi) is 4.50. The number of carbonyl (C=O) groups is 3. The number of ether oxygens (including phenoxy) is 1. The molecule has 2 aromatic rings. The molecule has 0 saturated carbocycles. The molecule has 0 N–H and O–H groups in total. The number of hydrazone groups is 1. The smallest absolute Gasteiger partial charge is 0.355 e. The number of rotatable bonds is 3. The van der Waals surface area contributed by atoms with Gasteiger partial charge < -0.3 is 4.74 Å². The Balaban J connectivity index is 1.82. The van der Waals surface area contributed by atoms with Crippen molar-refractivity contribution < 1.29 is 19.1 Å². The normalized spacial score (nSPS) is 21.0. The number of hydrogen-bond acceptors (Lipinski definition) is 6. The summed E-state index contributed by atoms with van der Waals surface area (Å²) in [6.07, 6.45) is 0. The number of carbonyl (C=O) groups excluding carboxylic acids is 3. The summed E-state index contributed by atoms with van der Waals surface area (Å²) in [6.45, 7) is 1.88. The van der Waals surface area contributed by atoms with Crippen molar-refractivity contribution in [1.82, 2.24) is 0 Å². The number of methoxy groups -OCH3 is 1. The van der Waals surface area contributed by atoms with E-state index in [2.05, 4.69) is 21.0 Å². The average molecular weight is 442 g/mol. The summed E-state index contributed by atoms with van der Waals surface area (Å²) < 4.78 is 5.64. The minimum absolute atomic E-state index is 0.0614. The van der Waals surface area contributed by atoms with E-state index in [1.807, 2.05) is 25.1 Å². The minimum atomic E-state index is -1.01. The predicted molar refractivity (Wildman–Crippen MR) is 107 cm³/mol. The molecule has 2 heterocycles. The second-order valence-electron chi connectivity index (χ2n) is 6.52. The lowest BCUT2D eigenvalue weighted by atomic mass is 9.97. The first-order chi connectivity index (χ1) is 13.4. The number of aryl methyl sites for hydroxylation is 1. The molecule has 0 aromatic heterocycles. The number of amides is 2. The Morgan fingerprint density at radius 3 is 2.39 bits per heavy atom. The fourth-order valence-corrected chi connectivity index (χ4v) is 3.82. The summed E-state index contributed by atoms with van der Waals surface area (Å²) in [5.41, 5.74) is 1.92. The van der Waals surface area contributed by atoms with Gasteiger partial charge in [-0.05, 0) is 42.8 Å². The van der Waals surface area contributed by atoms with Gasteiger partial charge in [-0.25, -0.2) is 9.69 Å². The SMILES string of the molecule is COC(=O)C1=NN(c2ccccc2C)[C@H]2C(=O)N(c3ccc(Br)cc3)C(=O)[C@@H]12. The van der Waals surface area contributed by atoms with Gasteiger partial charge in [0.15, 0.2) is 5.71 Å². The fraction of sp³-hybridized carbons (Fsp3) is 0.200. The zero-order chi connectivity index (χ0) is 20.0. The maximum atomic E-state index is 13.3. The number of nitrogens with zero attached hydrogens (tertiary/aromatic N) is 3. The van der Waals surface area contributed by atoms with Crippen LogP contribution in [0.2, 0.25) is 0 Å². The number of anilines is 2. The van der Waals surface area contributed by atoms with E-state index >= 15 is 0 Å². The van der Waals surface area contributed by atoms with Crippen molar-refractivity contribution in [1.29, 1.82) is 0 Å². The molecule has 142 valence electrons. The van der Waals surface area contributed by atoms with E-state index in [0.29, 0.717) is 11.4 Å². The van der Waals surface area contributed by atoms with Gasteiger partial charge in [0, 0.05) is 4.47 Å². The monoisotopic (exact) mass is 441 g/mol. The zero-order valence-corrected chi connectivity index (χ0v) is 16.7. The molecule has 4 rings (SSSR count). The van der Waals surface area contributed by atoms with Gasteiger partial charge in [0.2, 0.25) is 5.91 Å². The molecular weight excluding hydrogens is 426 g/mol. The van der Waals surface area contributed by atoms with Crippen LogP contribution in [-0.4, -0.2) is 36.6 Å².